The number of benzene rings is 1. The summed E-state index contributed by atoms with van der Waals surface area (Å²) in [6, 6.07) is 3.63. The summed E-state index contributed by atoms with van der Waals surface area (Å²) >= 11 is 0. The van der Waals surface area contributed by atoms with E-state index < -0.39 is 11.4 Å². The highest BCUT2D eigenvalue weighted by Crippen LogP contribution is 2.45. The molecule has 2 aliphatic heterocycles. The number of amides is 1. The van der Waals surface area contributed by atoms with Gasteiger partial charge in [0, 0.05) is 31.9 Å². The van der Waals surface area contributed by atoms with Crippen LogP contribution in [-0.2, 0) is 4.74 Å². The molecule has 0 bridgehead atoms. The number of ether oxygens (including phenoxy) is 2. The van der Waals surface area contributed by atoms with Gasteiger partial charge < -0.3 is 25.0 Å². The highest BCUT2D eigenvalue weighted by Gasteiger charge is 2.30. The SMILES string of the molecule is CNc1cc(C)nc(Nc2cc3c(c(C4=CCN(C(=O)OC(C)(C)C)CCC4)c2F)OCCC3C)n1. The number of nitrogens with one attached hydrogen (secondary N) is 2. The Balaban J connectivity index is 1.73. The molecule has 2 aliphatic rings. The number of halogens is 1. The third kappa shape index (κ3) is 5.71. The lowest BCUT2D eigenvalue weighted by atomic mass is 9.88. The van der Waals surface area contributed by atoms with E-state index in [4.69, 9.17) is 9.47 Å². The van der Waals surface area contributed by atoms with E-state index in [0.29, 0.717) is 61.3 Å². The Labute approximate surface area is 212 Å². The minimum atomic E-state index is -0.573. The number of hydrogen-bond acceptors (Lipinski definition) is 7. The molecular weight excluding hydrogens is 461 g/mol. The topological polar surface area (TPSA) is 88.6 Å². The van der Waals surface area contributed by atoms with Crippen LogP contribution in [0.1, 0.15) is 69.7 Å². The maximum Gasteiger partial charge on any atom is 0.410 e. The normalized spacial score (nSPS) is 17.9. The second-order valence-corrected chi connectivity index (χ2v) is 10.4. The predicted octanol–water partition coefficient (Wildman–Crippen LogP) is 6.01. The average Bonchev–Trinajstić information content (AvgIpc) is 3.05. The van der Waals surface area contributed by atoms with Crippen molar-refractivity contribution in [2.24, 2.45) is 0 Å². The molecule has 3 heterocycles. The molecule has 2 aromatic rings. The summed E-state index contributed by atoms with van der Waals surface area (Å²) in [6.45, 7) is 11.0. The minimum Gasteiger partial charge on any atom is -0.493 e. The van der Waals surface area contributed by atoms with E-state index >= 15 is 4.39 Å². The largest absolute Gasteiger partial charge is 0.493 e. The van der Waals surface area contributed by atoms with Crippen LogP contribution in [-0.4, -0.2) is 53.3 Å². The van der Waals surface area contributed by atoms with E-state index in [9.17, 15) is 4.79 Å². The van der Waals surface area contributed by atoms with Crippen molar-refractivity contribution in [2.45, 2.75) is 65.4 Å². The van der Waals surface area contributed by atoms with E-state index in [1.165, 1.54) is 0 Å². The van der Waals surface area contributed by atoms with Crippen molar-refractivity contribution < 1.29 is 18.7 Å². The maximum atomic E-state index is 16.2. The van der Waals surface area contributed by atoms with Gasteiger partial charge in [0.1, 0.15) is 17.2 Å². The fraction of sp³-hybridized carbons (Fsp3) is 0.519. The summed E-state index contributed by atoms with van der Waals surface area (Å²) in [6.07, 6.45) is 3.73. The van der Waals surface area contributed by atoms with Gasteiger partial charge in [-0.2, -0.15) is 4.98 Å². The van der Waals surface area contributed by atoms with E-state index in [2.05, 4.69) is 27.5 Å². The Bertz CT molecular complexity index is 1170. The summed E-state index contributed by atoms with van der Waals surface area (Å²) in [5, 5.41) is 6.11. The van der Waals surface area contributed by atoms with Crippen LogP contribution in [0.5, 0.6) is 5.75 Å². The molecular formula is C27H36FN5O3. The first-order chi connectivity index (χ1) is 17.1. The van der Waals surface area contributed by atoms with Crippen LogP contribution in [0.25, 0.3) is 5.57 Å². The maximum absolute atomic E-state index is 16.2. The monoisotopic (exact) mass is 497 g/mol. The number of aromatic nitrogens is 2. The number of aryl methyl sites for hydroxylation is 1. The molecule has 0 fully saturated rings. The molecule has 0 spiro atoms. The lowest BCUT2D eigenvalue weighted by Gasteiger charge is -2.28. The summed E-state index contributed by atoms with van der Waals surface area (Å²) < 4.78 is 27.8. The molecule has 1 aromatic heterocycles. The summed E-state index contributed by atoms with van der Waals surface area (Å²) in [7, 11) is 1.78. The van der Waals surface area contributed by atoms with Gasteiger partial charge in [-0.3, -0.25) is 0 Å². The average molecular weight is 498 g/mol. The fourth-order valence-electron chi connectivity index (χ4n) is 4.52. The minimum absolute atomic E-state index is 0.213. The zero-order valence-electron chi connectivity index (χ0n) is 22.0. The van der Waals surface area contributed by atoms with Crippen LogP contribution < -0.4 is 15.4 Å². The number of carbonyl (C=O) groups is 1. The number of anilines is 3. The van der Waals surface area contributed by atoms with Gasteiger partial charge in [0.2, 0.25) is 5.95 Å². The Morgan fingerprint density at radius 2 is 2.06 bits per heavy atom. The van der Waals surface area contributed by atoms with Crippen LogP contribution in [0, 0.1) is 12.7 Å². The van der Waals surface area contributed by atoms with Gasteiger partial charge in [-0.25, -0.2) is 14.2 Å². The molecule has 2 N–H and O–H groups in total. The third-order valence-corrected chi connectivity index (χ3v) is 6.34. The number of nitrogens with zero attached hydrogens (tertiary/aromatic N) is 3. The number of hydrogen-bond donors (Lipinski definition) is 2. The highest BCUT2D eigenvalue weighted by molar-refractivity contribution is 5.79. The summed E-state index contributed by atoms with van der Waals surface area (Å²) in [5.74, 6) is 1.36. The van der Waals surface area contributed by atoms with Crippen LogP contribution in [0.3, 0.4) is 0 Å². The first-order valence-electron chi connectivity index (χ1n) is 12.5. The van der Waals surface area contributed by atoms with Crippen LogP contribution >= 0.6 is 0 Å². The molecule has 0 radical (unpaired) electrons. The molecule has 36 heavy (non-hydrogen) atoms. The number of fused-ring (bicyclic) bond motifs is 1. The quantitative estimate of drug-likeness (QED) is 0.535. The van der Waals surface area contributed by atoms with Crippen molar-refractivity contribution in [3.05, 3.63) is 40.8 Å². The Morgan fingerprint density at radius 1 is 1.28 bits per heavy atom. The van der Waals surface area contributed by atoms with Crippen molar-refractivity contribution in [1.82, 2.24) is 14.9 Å². The lowest BCUT2D eigenvalue weighted by molar-refractivity contribution is 0.0273. The summed E-state index contributed by atoms with van der Waals surface area (Å²) in [4.78, 5) is 23.2. The Morgan fingerprint density at radius 3 is 2.78 bits per heavy atom. The van der Waals surface area contributed by atoms with Crippen LogP contribution in [0.15, 0.2) is 18.2 Å². The van der Waals surface area contributed by atoms with Crippen molar-refractivity contribution >= 4 is 29.1 Å². The Hall–Kier alpha value is -3.36. The second kappa shape index (κ2) is 10.3. The molecule has 1 atom stereocenters. The van der Waals surface area contributed by atoms with E-state index in [0.717, 1.165) is 23.3 Å². The van der Waals surface area contributed by atoms with Gasteiger partial charge >= 0.3 is 6.09 Å². The highest BCUT2D eigenvalue weighted by atomic mass is 19.1. The van der Waals surface area contributed by atoms with Crippen molar-refractivity contribution in [3.8, 4) is 5.75 Å². The molecule has 8 nitrogen and oxygen atoms in total. The third-order valence-electron chi connectivity index (χ3n) is 6.34. The number of allylic oxidation sites excluding steroid dienone is 1. The van der Waals surface area contributed by atoms with Gasteiger partial charge in [0.05, 0.1) is 17.9 Å². The molecule has 1 amide bonds. The molecule has 194 valence electrons. The fourth-order valence-corrected chi connectivity index (χ4v) is 4.52. The predicted molar refractivity (Wildman–Crippen MR) is 140 cm³/mol. The molecule has 4 rings (SSSR count). The first kappa shape index (κ1) is 25.7. The van der Waals surface area contributed by atoms with Gasteiger partial charge in [-0.05, 0) is 70.1 Å². The van der Waals surface area contributed by atoms with Crippen LogP contribution in [0.2, 0.25) is 0 Å². The van der Waals surface area contributed by atoms with E-state index in [1.54, 1.807) is 11.9 Å². The standard InChI is InChI=1S/C27H36FN5O3/c1-16-10-13-35-24-19(16)15-20(31-25-30-17(2)14-21(29-6)32-25)23(28)22(24)18-8-7-11-33(12-9-18)26(34)36-27(3,4)5/h9,14-16H,7-8,10-13H2,1-6H3,(H2,29,30,31,32). The van der Waals surface area contributed by atoms with Gasteiger partial charge in [-0.1, -0.05) is 13.0 Å². The lowest BCUT2D eigenvalue weighted by Crippen LogP contribution is -2.37. The van der Waals surface area contributed by atoms with Crippen molar-refractivity contribution in [2.75, 3.05) is 37.4 Å². The molecule has 0 saturated carbocycles. The van der Waals surface area contributed by atoms with Crippen molar-refractivity contribution in [3.63, 3.8) is 0 Å². The van der Waals surface area contributed by atoms with Gasteiger partial charge in [0.25, 0.3) is 0 Å². The molecule has 9 heteroatoms. The van der Waals surface area contributed by atoms with Gasteiger partial charge in [-0.15, -0.1) is 0 Å². The van der Waals surface area contributed by atoms with Crippen molar-refractivity contribution in [1.29, 1.82) is 0 Å². The molecule has 0 aliphatic carbocycles. The first-order valence-corrected chi connectivity index (χ1v) is 12.5. The zero-order chi connectivity index (χ0) is 26.0. The molecule has 0 saturated heterocycles. The smallest absolute Gasteiger partial charge is 0.410 e. The second-order valence-electron chi connectivity index (χ2n) is 10.4. The van der Waals surface area contributed by atoms with Gasteiger partial charge in [0.15, 0.2) is 5.82 Å². The summed E-state index contributed by atoms with van der Waals surface area (Å²) in [5.41, 5.74) is 2.73. The molecule has 1 aromatic carbocycles. The van der Waals surface area contributed by atoms with E-state index in [-0.39, 0.29) is 12.0 Å². The van der Waals surface area contributed by atoms with E-state index in [1.807, 2.05) is 45.9 Å². The Kier molecular flexibility index (Phi) is 7.38. The molecule has 1 unspecified atom stereocenters. The zero-order valence-corrected chi connectivity index (χ0v) is 22.0. The number of rotatable bonds is 4. The van der Waals surface area contributed by atoms with Crippen LogP contribution in [0.4, 0.5) is 26.6 Å². The number of carbonyl (C=O) groups excluding carboxylic acids is 1.